The van der Waals surface area contributed by atoms with Crippen LogP contribution in [0.2, 0.25) is 0 Å². The number of hydrogen-bond acceptors (Lipinski definition) is 5. The third kappa shape index (κ3) is 4.93. The number of furan rings is 1. The zero-order chi connectivity index (χ0) is 20.8. The van der Waals surface area contributed by atoms with Crippen LogP contribution in [0.1, 0.15) is 5.56 Å². The van der Waals surface area contributed by atoms with E-state index in [0.717, 1.165) is 19.6 Å². The van der Waals surface area contributed by atoms with E-state index in [2.05, 4.69) is 34.3 Å². The summed E-state index contributed by atoms with van der Waals surface area (Å²) in [7, 11) is 0. The fraction of sp³-hybridized carbons (Fsp3) is 0.261. The minimum Gasteiger partial charge on any atom is -0.463 e. The molecule has 7 nitrogen and oxygen atoms in total. The Kier molecular flexibility index (Phi) is 6.20. The average Bonchev–Trinajstić information content (AvgIpc) is 3.31. The molecule has 4 rings (SSSR count). The molecular weight excluding hydrogens is 380 g/mol. The highest BCUT2D eigenvalue weighted by molar-refractivity contribution is 5.76. The van der Waals surface area contributed by atoms with Crippen LogP contribution in [-0.2, 0) is 11.3 Å². The Morgan fingerprint density at radius 2 is 1.80 bits per heavy atom. The van der Waals surface area contributed by atoms with Crippen LogP contribution in [0.5, 0.6) is 0 Å². The molecule has 1 saturated heterocycles. The highest BCUT2D eigenvalue weighted by atomic mass is 16.3. The summed E-state index contributed by atoms with van der Waals surface area (Å²) in [5, 5.41) is 4.28. The summed E-state index contributed by atoms with van der Waals surface area (Å²) in [4.78, 5) is 28.9. The Morgan fingerprint density at radius 3 is 2.53 bits per heavy atom. The molecule has 0 bridgehead atoms. The van der Waals surface area contributed by atoms with Crippen molar-refractivity contribution in [2.45, 2.75) is 6.54 Å². The van der Waals surface area contributed by atoms with Gasteiger partial charge in [0.25, 0.3) is 5.56 Å². The maximum Gasteiger partial charge on any atom is 0.267 e. The molecule has 0 N–H and O–H groups in total. The number of amides is 1. The topological polar surface area (TPSA) is 71.6 Å². The standard InChI is InChI=1S/C23H24N4O3/c28-22-11-10-20(21-9-5-17-30-21)24-27(22)18-23(29)26-15-13-25(14-16-26)12-4-8-19-6-2-1-3-7-19/h1-11,17H,12-16,18H2. The molecule has 30 heavy (non-hydrogen) atoms. The van der Waals surface area contributed by atoms with Crippen molar-refractivity contribution < 1.29 is 9.21 Å². The Bertz CT molecular complexity index is 1050. The van der Waals surface area contributed by atoms with Crippen LogP contribution in [0.4, 0.5) is 0 Å². The molecule has 1 fully saturated rings. The minimum atomic E-state index is -0.302. The Morgan fingerprint density at radius 1 is 1.00 bits per heavy atom. The molecule has 2 aromatic heterocycles. The van der Waals surface area contributed by atoms with Crippen LogP contribution < -0.4 is 5.56 Å². The number of carbonyl (C=O) groups excluding carboxylic acids is 1. The number of carbonyl (C=O) groups is 1. The van der Waals surface area contributed by atoms with Crippen LogP contribution >= 0.6 is 0 Å². The first-order valence-electron chi connectivity index (χ1n) is 10.0. The lowest BCUT2D eigenvalue weighted by Gasteiger charge is -2.34. The Hall–Kier alpha value is -3.45. The van der Waals surface area contributed by atoms with Crippen molar-refractivity contribution in [3.63, 3.8) is 0 Å². The zero-order valence-corrected chi connectivity index (χ0v) is 16.7. The molecule has 1 aromatic carbocycles. The predicted molar refractivity (Wildman–Crippen MR) is 115 cm³/mol. The van der Waals surface area contributed by atoms with Crippen molar-refractivity contribution in [3.8, 4) is 11.5 Å². The summed E-state index contributed by atoms with van der Waals surface area (Å²) < 4.78 is 6.53. The highest BCUT2D eigenvalue weighted by Gasteiger charge is 2.21. The van der Waals surface area contributed by atoms with E-state index in [4.69, 9.17) is 4.42 Å². The summed E-state index contributed by atoms with van der Waals surface area (Å²) in [5.74, 6) is 0.467. The molecule has 0 atom stereocenters. The second kappa shape index (κ2) is 9.37. The zero-order valence-electron chi connectivity index (χ0n) is 16.7. The van der Waals surface area contributed by atoms with Crippen molar-refractivity contribution in [2.75, 3.05) is 32.7 Å². The molecular formula is C23H24N4O3. The third-order valence-electron chi connectivity index (χ3n) is 5.12. The first-order valence-corrected chi connectivity index (χ1v) is 10.0. The highest BCUT2D eigenvalue weighted by Crippen LogP contribution is 2.15. The van der Waals surface area contributed by atoms with E-state index in [1.807, 2.05) is 18.2 Å². The van der Waals surface area contributed by atoms with Crippen LogP contribution in [0.15, 0.2) is 76.1 Å². The fourth-order valence-electron chi connectivity index (χ4n) is 3.43. The average molecular weight is 404 g/mol. The van der Waals surface area contributed by atoms with Gasteiger partial charge in [-0.3, -0.25) is 14.5 Å². The quantitative estimate of drug-likeness (QED) is 0.631. The summed E-state index contributed by atoms with van der Waals surface area (Å²) in [6.45, 7) is 3.68. The van der Waals surface area contributed by atoms with Crippen molar-refractivity contribution in [1.29, 1.82) is 0 Å². The number of aromatic nitrogens is 2. The Labute approximate surface area is 174 Å². The maximum atomic E-state index is 12.7. The van der Waals surface area contributed by atoms with E-state index in [1.54, 1.807) is 29.4 Å². The molecule has 0 saturated carbocycles. The van der Waals surface area contributed by atoms with Gasteiger partial charge in [-0.15, -0.1) is 0 Å². The molecule has 154 valence electrons. The molecule has 0 aliphatic carbocycles. The van der Waals surface area contributed by atoms with Crippen molar-refractivity contribution in [3.05, 3.63) is 82.9 Å². The lowest BCUT2D eigenvalue weighted by atomic mass is 10.2. The summed E-state index contributed by atoms with van der Waals surface area (Å²) in [6, 6.07) is 16.7. The molecule has 1 amide bonds. The van der Waals surface area contributed by atoms with E-state index in [9.17, 15) is 9.59 Å². The molecule has 0 radical (unpaired) electrons. The van der Waals surface area contributed by atoms with Crippen molar-refractivity contribution in [1.82, 2.24) is 19.6 Å². The van der Waals surface area contributed by atoms with Gasteiger partial charge < -0.3 is 9.32 Å². The normalized spacial score (nSPS) is 15.0. The van der Waals surface area contributed by atoms with Crippen molar-refractivity contribution in [2.24, 2.45) is 0 Å². The summed E-state index contributed by atoms with van der Waals surface area (Å²) >= 11 is 0. The maximum absolute atomic E-state index is 12.7. The van der Waals surface area contributed by atoms with Gasteiger partial charge in [0, 0.05) is 38.8 Å². The number of hydrogen-bond donors (Lipinski definition) is 0. The molecule has 1 aliphatic rings. The van der Waals surface area contributed by atoms with Gasteiger partial charge in [0.1, 0.15) is 12.2 Å². The van der Waals surface area contributed by atoms with E-state index in [-0.39, 0.29) is 18.0 Å². The van der Waals surface area contributed by atoms with Crippen LogP contribution in [0, 0.1) is 0 Å². The molecule has 3 aromatic rings. The largest absolute Gasteiger partial charge is 0.463 e. The van der Waals surface area contributed by atoms with Crippen molar-refractivity contribution >= 4 is 12.0 Å². The summed E-state index contributed by atoms with van der Waals surface area (Å²) in [6.07, 6.45) is 5.81. The van der Waals surface area contributed by atoms with Crippen LogP contribution in [0.25, 0.3) is 17.5 Å². The minimum absolute atomic E-state index is 0.0682. The predicted octanol–water partition coefficient (Wildman–Crippen LogP) is 2.36. The second-order valence-corrected chi connectivity index (χ2v) is 7.19. The van der Waals surface area contributed by atoms with Crippen LogP contribution in [0.3, 0.4) is 0 Å². The van der Waals surface area contributed by atoms with E-state index in [0.29, 0.717) is 24.5 Å². The SMILES string of the molecule is O=C(Cn1nc(-c2ccco2)ccc1=O)N1CCN(CC=Cc2ccccc2)CC1. The van der Waals surface area contributed by atoms with E-state index in [1.165, 1.54) is 16.3 Å². The van der Waals surface area contributed by atoms with Gasteiger partial charge in [-0.2, -0.15) is 5.10 Å². The van der Waals surface area contributed by atoms with Crippen LogP contribution in [-0.4, -0.2) is 58.2 Å². The third-order valence-corrected chi connectivity index (χ3v) is 5.12. The molecule has 0 unspecified atom stereocenters. The van der Waals surface area contributed by atoms with E-state index < -0.39 is 0 Å². The monoisotopic (exact) mass is 404 g/mol. The van der Waals surface area contributed by atoms with Gasteiger partial charge in [0.2, 0.25) is 5.91 Å². The van der Waals surface area contributed by atoms with Gasteiger partial charge >= 0.3 is 0 Å². The lowest BCUT2D eigenvalue weighted by Crippen LogP contribution is -2.50. The summed E-state index contributed by atoms with van der Waals surface area (Å²) in [5.41, 5.74) is 1.41. The fourth-order valence-corrected chi connectivity index (χ4v) is 3.43. The van der Waals surface area contributed by atoms with Gasteiger partial charge in [-0.05, 0) is 23.8 Å². The second-order valence-electron chi connectivity index (χ2n) is 7.19. The lowest BCUT2D eigenvalue weighted by molar-refractivity contribution is -0.133. The smallest absolute Gasteiger partial charge is 0.267 e. The molecule has 0 spiro atoms. The Balaban J connectivity index is 1.30. The van der Waals surface area contributed by atoms with Gasteiger partial charge in [0.15, 0.2) is 5.76 Å². The molecule has 3 heterocycles. The van der Waals surface area contributed by atoms with Gasteiger partial charge in [0.05, 0.1) is 6.26 Å². The first-order chi connectivity index (χ1) is 14.7. The van der Waals surface area contributed by atoms with Gasteiger partial charge in [-0.25, -0.2) is 4.68 Å². The number of nitrogens with zero attached hydrogens (tertiary/aromatic N) is 4. The first kappa shape index (κ1) is 19.8. The van der Waals surface area contributed by atoms with Gasteiger partial charge in [-0.1, -0.05) is 42.5 Å². The van der Waals surface area contributed by atoms with E-state index >= 15 is 0 Å². The molecule has 7 heteroatoms. The molecule has 1 aliphatic heterocycles. The number of piperazine rings is 1. The number of rotatable bonds is 6. The number of benzene rings is 1.